The molecule has 1 atom stereocenters. The van der Waals surface area contributed by atoms with Crippen molar-refractivity contribution in [3.8, 4) is 0 Å². The summed E-state index contributed by atoms with van der Waals surface area (Å²) in [4.78, 5) is 21.6. The molecule has 134 valence electrons. The number of carbonyl (C=O) groups excluding carboxylic acids is 1. The number of imidazole rings is 1. The number of aryl methyl sites for hydroxylation is 1. The smallest absolute Gasteiger partial charge is 0.271 e. The van der Waals surface area contributed by atoms with Crippen LogP contribution >= 0.6 is 0 Å². The molecule has 4 aromatic rings. The zero-order valence-corrected chi connectivity index (χ0v) is 14.6. The van der Waals surface area contributed by atoms with Gasteiger partial charge in [-0.3, -0.25) is 9.78 Å². The topological polar surface area (TPSA) is 59.8 Å². The molecule has 1 N–H and O–H groups in total. The van der Waals surface area contributed by atoms with Crippen molar-refractivity contribution in [1.82, 2.24) is 19.9 Å². The van der Waals surface area contributed by atoms with Gasteiger partial charge >= 0.3 is 0 Å². The van der Waals surface area contributed by atoms with Crippen LogP contribution in [0.2, 0.25) is 0 Å². The number of nitrogens with zero attached hydrogens (tertiary/aromatic N) is 3. The third kappa shape index (κ3) is 3.29. The summed E-state index contributed by atoms with van der Waals surface area (Å²) in [5.41, 5.74) is 0.932. The van der Waals surface area contributed by atoms with E-state index in [1.165, 1.54) is 12.1 Å². The number of hydrogen-bond acceptors (Lipinski definition) is 3. The summed E-state index contributed by atoms with van der Waals surface area (Å²) in [6.07, 6.45) is 5.03. The average Bonchev–Trinajstić information content (AvgIpc) is 3.11. The second-order valence-corrected chi connectivity index (χ2v) is 6.24. The number of pyridine rings is 1. The van der Waals surface area contributed by atoms with E-state index < -0.39 is 6.04 Å². The van der Waals surface area contributed by atoms with Gasteiger partial charge in [-0.25, -0.2) is 9.37 Å². The van der Waals surface area contributed by atoms with Crippen LogP contribution in [-0.4, -0.2) is 20.4 Å². The van der Waals surface area contributed by atoms with Gasteiger partial charge in [0.15, 0.2) is 0 Å². The Kier molecular flexibility index (Phi) is 4.38. The first-order chi connectivity index (χ1) is 13.1. The molecule has 2 aromatic heterocycles. The number of amides is 1. The fraction of sp³-hybridized carbons (Fsp3) is 0.0952. The number of rotatable bonds is 4. The fourth-order valence-electron chi connectivity index (χ4n) is 3.14. The van der Waals surface area contributed by atoms with Gasteiger partial charge in [0.2, 0.25) is 0 Å². The van der Waals surface area contributed by atoms with E-state index in [1.807, 2.05) is 37.4 Å². The Bertz CT molecular complexity index is 1120. The lowest BCUT2D eigenvalue weighted by Gasteiger charge is -2.19. The second-order valence-electron chi connectivity index (χ2n) is 6.24. The summed E-state index contributed by atoms with van der Waals surface area (Å²) in [6.45, 7) is 0. The van der Waals surface area contributed by atoms with Crippen molar-refractivity contribution in [2.75, 3.05) is 0 Å². The summed E-state index contributed by atoms with van der Waals surface area (Å²) < 4.78 is 15.6. The van der Waals surface area contributed by atoms with Crippen LogP contribution in [0.15, 0.2) is 73.2 Å². The van der Waals surface area contributed by atoms with E-state index >= 15 is 0 Å². The van der Waals surface area contributed by atoms with Crippen molar-refractivity contribution in [3.05, 3.63) is 96.1 Å². The molecule has 1 amide bonds. The van der Waals surface area contributed by atoms with Crippen LogP contribution in [0.5, 0.6) is 0 Å². The third-order valence-electron chi connectivity index (χ3n) is 4.46. The van der Waals surface area contributed by atoms with Gasteiger partial charge in [0.25, 0.3) is 5.91 Å². The molecule has 0 spiro atoms. The molecule has 0 bridgehead atoms. The van der Waals surface area contributed by atoms with E-state index in [-0.39, 0.29) is 11.7 Å². The zero-order valence-electron chi connectivity index (χ0n) is 14.6. The number of benzene rings is 2. The molecule has 0 aliphatic heterocycles. The maximum atomic E-state index is 13.8. The summed E-state index contributed by atoms with van der Waals surface area (Å²) >= 11 is 0. The molecule has 0 radical (unpaired) electrons. The highest BCUT2D eigenvalue weighted by Crippen LogP contribution is 2.23. The van der Waals surface area contributed by atoms with Crippen molar-refractivity contribution in [3.63, 3.8) is 0 Å². The van der Waals surface area contributed by atoms with Crippen LogP contribution in [0.4, 0.5) is 4.39 Å². The van der Waals surface area contributed by atoms with Crippen molar-refractivity contribution < 1.29 is 9.18 Å². The minimum atomic E-state index is -0.603. The monoisotopic (exact) mass is 360 g/mol. The quantitative estimate of drug-likeness (QED) is 0.605. The highest BCUT2D eigenvalue weighted by atomic mass is 19.1. The molecule has 1 unspecified atom stereocenters. The number of nitrogens with one attached hydrogen (secondary N) is 1. The fourth-order valence-corrected chi connectivity index (χ4v) is 3.14. The summed E-state index contributed by atoms with van der Waals surface area (Å²) in [6, 6.07) is 15.0. The number of fused-ring (bicyclic) bond motifs is 1. The molecule has 6 heteroatoms. The molecule has 2 heterocycles. The minimum Gasteiger partial charge on any atom is -0.337 e. The van der Waals surface area contributed by atoms with Gasteiger partial charge in [-0.05, 0) is 29.1 Å². The molecule has 5 nitrogen and oxygen atoms in total. The number of halogens is 1. The summed E-state index contributed by atoms with van der Waals surface area (Å²) in [7, 11) is 1.83. The van der Waals surface area contributed by atoms with E-state index in [2.05, 4.69) is 15.3 Å². The molecule has 0 saturated heterocycles. The maximum Gasteiger partial charge on any atom is 0.271 e. The number of aromatic nitrogens is 3. The van der Waals surface area contributed by atoms with Crippen LogP contribution in [0.1, 0.15) is 27.9 Å². The van der Waals surface area contributed by atoms with Gasteiger partial charge in [-0.15, -0.1) is 0 Å². The lowest BCUT2D eigenvalue weighted by atomic mass is 10.0. The molecule has 2 aromatic carbocycles. The van der Waals surface area contributed by atoms with Crippen LogP contribution in [0.3, 0.4) is 0 Å². The minimum absolute atomic E-state index is 0.323. The summed E-state index contributed by atoms with van der Waals surface area (Å²) in [5.74, 6) is -0.109. The first-order valence-corrected chi connectivity index (χ1v) is 8.51. The molecule has 0 saturated carbocycles. The van der Waals surface area contributed by atoms with Gasteiger partial charge in [-0.2, -0.15) is 0 Å². The predicted octanol–water partition coefficient (Wildman–Crippen LogP) is 3.63. The van der Waals surface area contributed by atoms with Crippen LogP contribution in [-0.2, 0) is 7.05 Å². The number of carbonyl (C=O) groups is 1. The van der Waals surface area contributed by atoms with Crippen molar-refractivity contribution in [2.24, 2.45) is 7.05 Å². The van der Waals surface area contributed by atoms with Gasteiger partial charge in [-0.1, -0.05) is 36.4 Å². The van der Waals surface area contributed by atoms with Crippen LogP contribution < -0.4 is 5.32 Å². The first kappa shape index (κ1) is 16.9. The standard InChI is InChI=1S/C21H17FN4O/c1-26-12-11-24-20(26)18(15-6-4-7-16(22)13-15)25-21(27)19-17-8-3-2-5-14(17)9-10-23-19/h2-13,18H,1H3,(H,25,27). The normalized spacial score (nSPS) is 12.1. The van der Waals surface area contributed by atoms with Crippen molar-refractivity contribution >= 4 is 16.7 Å². The van der Waals surface area contributed by atoms with E-state index in [4.69, 9.17) is 0 Å². The van der Waals surface area contributed by atoms with E-state index in [0.717, 1.165) is 10.8 Å². The Labute approximate surface area is 155 Å². The predicted molar refractivity (Wildman–Crippen MR) is 101 cm³/mol. The van der Waals surface area contributed by atoms with Gasteiger partial charge in [0.1, 0.15) is 23.4 Å². The third-order valence-corrected chi connectivity index (χ3v) is 4.46. The zero-order chi connectivity index (χ0) is 18.8. The lowest BCUT2D eigenvalue weighted by molar-refractivity contribution is 0.0938. The van der Waals surface area contributed by atoms with E-state index in [9.17, 15) is 9.18 Å². The largest absolute Gasteiger partial charge is 0.337 e. The van der Waals surface area contributed by atoms with Gasteiger partial charge in [0.05, 0.1) is 0 Å². The van der Waals surface area contributed by atoms with Gasteiger partial charge < -0.3 is 9.88 Å². The Morgan fingerprint density at radius 1 is 1.07 bits per heavy atom. The Morgan fingerprint density at radius 2 is 1.93 bits per heavy atom. The van der Waals surface area contributed by atoms with E-state index in [0.29, 0.717) is 17.1 Å². The molecule has 27 heavy (non-hydrogen) atoms. The SMILES string of the molecule is Cn1ccnc1C(NC(=O)c1nccc2ccccc12)c1cccc(F)c1. The van der Waals surface area contributed by atoms with Gasteiger partial charge in [0, 0.05) is 31.0 Å². The lowest BCUT2D eigenvalue weighted by Crippen LogP contribution is -2.31. The van der Waals surface area contributed by atoms with Crippen molar-refractivity contribution in [2.45, 2.75) is 6.04 Å². The molecule has 0 aliphatic carbocycles. The molecular weight excluding hydrogens is 343 g/mol. The Morgan fingerprint density at radius 3 is 2.70 bits per heavy atom. The first-order valence-electron chi connectivity index (χ1n) is 8.51. The second kappa shape index (κ2) is 6.99. The number of hydrogen-bond donors (Lipinski definition) is 1. The van der Waals surface area contributed by atoms with Crippen molar-refractivity contribution in [1.29, 1.82) is 0 Å². The van der Waals surface area contributed by atoms with Crippen LogP contribution in [0.25, 0.3) is 10.8 Å². The highest BCUT2D eigenvalue weighted by molar-refractivity contribution is 6.05. The maximum absolute atomic E-state index is 13.8. The average molecular weight is 360 g/mol. The summed E-state index contributed by atoms with van der Waals surface area (Å²) in [5, 5.41) is 4.65. The molecule has 4 rings (SSSR count). The van der Waals surface area contributed by atoms with E-state index in [1.54, 1.807) is 35.3 Å². The Hall–Kier alpha value is -3.54. The molecule has 0 fully saturated rings. The Balaban J connectivity index is 1.75. The highest BCUT2D eigenvalue weighted by Gasteiger charge is 2.23. The molecular formula is C21H17FN4O. The van der Waals surface area contributed by atoms with Crippen LogP contribution in [0, 0.1) is 5.82 Å². The molecule has 0 aliphatic rings.